The third-order valence-corrected chi connectivity index (χ3v) is 6.80. The van der Waals surface area contributed by atoms with Crippen molar-refractivity contribution in [3.05, 3.63) is 71.8 Å². The van der Waals surface area contributed by atoms with Gasteiger partial charge in [0.1, 0.15) is 0 Å². The molecule has 1 amide bonds. The van der Waals surface area contributed by atoms with Crippen LogP contribution in [0.1, 0.15) is 15.9 Å². The standard InChI is InChI=1S/C22H27N3O3S/c1-23(2)29(27,28)21-12-6-11-20(18-21)22(26)25-16-14-24(15-17-25)13-7-10-19-8-4-3-5-9-19/h3-12,18H,13-17H2,1-2H3/b10-7+. The van der Waals surface area contributed by atoms with E-state index in [-0.39, 0.29) is 10.8 Å². The summed E-state index contributed by atoms with van der Waals surface area (Å²) in [7, 11) is -0.596. The zero-order chi connectivity index (χ0) is 20.9. The Labute approximate surface area is 173 Å². The number of amides is 1. The van der Waals surface area contributed by atoms with E-state index in [0.29, 0.717) is 18.7 Å². The molecule has 1 aliphatic heterocycles. The number of carbonyl (C=O) groups is 1. The Bertz CT molecular complexity index is 964. The Morgan fingerprint density at radius 2 is 1.69 bits per heavy atom. The zero-order valence-electron chi connectivity index (χ0n) is 16.9. The van der Waals surface area contributed by atoms with E-state index < -0.39 is 10.0 Å². The van der Waals surface area contributed by atoms with Crippen LogP contribution in [0.3, 0.4) is 0 Å². The topological polar surface area (TPSA) is 60.9 Å². The Hall–Kier alpha value is -2.48. The van der Waals surface area contributed by atoms with Crippen molar-refractivity contribution in [2.75, 3.05) is 46.8 Å². The summed E-state index contributed by atoms with van der Waals surface area (Å²) >= 11 is 0. The molecule has 0 N–H and O–H groups in total. The second kappa shape index (κ2) is 9.35. The fourth-order valence-corrected chi connectivity index (χ4v) is 4.17. The molecule has 154 valence electrons. The molecule has 0 bridgehead atoms. The highest BCUT2D eigenvalue weighted by Crippen LogP contribution is 2.17. The van der Waals surface area contributed by atoms with E-state index in [1.54, 1.807) is 17.0 Å². The Balaban J connectivity index is 1.57. The highest BCUT2D eigenvalue weighted by molar-refractivity contribution is 7.89. The first-order valence-corrected chi connectivity index (χ1v) is 11.1. The summed E-state index contributed by atoms with van der Waals surface area (Å²) in [5.74, 6) is -0.125. The van der Waals surface area contributed by atoms with Crippen LogP contribution in [-0.2, 0) is 10.0 Å². The van der Waals surface area contributed by atoms with E-state index in [0.717, 1.165) is 23.9 Å². The lowest BCUT2D eigenvalue weighted by molar-refractivity contribution is 0.0650. The molecule has 1 aliphatic rings. The van der Waals surface area contributed by atoms with Crippen LogP contribution in [0.25, 0.3) is 6.08 Å². The predicted octanol–water partition coefficient (Wildman–Crippen LogP) is 2.41. The van der Waals surface area contributed by atoms with Gasteiger partial charge >= 0.3 is 0 Å². The first-order valence-electron chi connectivity index (χ1n) is 9.64. The van der Waals surface area contributed by atoms with Gasteiger partial charge in [0.15, 0.2) is 0 Å². The van der Waals surface area contributed by atoms with Crippen molar-refractivity contribution in [3.63, 3.8) is 0 Å². The van der Waals surface area contributed by atoms with E-state index in [2.05, 4.69) is 29.2 Å². The lowest BCUT2D eigenvalue weighted by atomic mass is 10.1. The summed E-state index contributed by atoms with van der Waals surface area (Å²) in [4.78, 5) is 17.1. The van der Waals surface area contributed by atoms with E-state index in [4.69, 9.17) is 0 Å². The highest BCUT2D eigenvalue weighted by Gasteiger charge is 2.24. The second-order valence-corrected chi connectivity index (χ2v) is 9.37. The number of piperazine rings is 1. The molecule has 0 aliphatic carbocycles. The average Bonchev–Trinajstić information content (AvgIpc) is 2.74. The number of nitrogens with zero attached hydrogens (tertiary/aromatic N) is 3. The van der Waals surface area contributed by atoms with Crippen LogP contribution in [0.5, 0.6) is 0 Å². The van der Waals surface area contributed by atoms with Crippen molar-refractivity contribution in [2.24, 2.45) is 0 Å². The second-order valence-electron chi connectivity index (χ2n) is 7.22. The molecule has 0 unspecified atom stereocenters. The summed E-state index contributed by atoms with van der Waals surface area (Å²) < 4.78 is 25.8. The van der Waals surface area contributed by atoms with Gasteiger partial charge in [-0.2, -0.15) is 0 Å². The molecule has 1 heterocycles. The number of benzene rings is 2. The summed E-state index contributed by atoms with van der Waals surface area (Å²) in [6.07, 6.45) is 4.25. The first-order chi connectivity index (χ1) is 13.9. The molecule has 0 atom stereocenters. The predicted molar refractivity (Wildman–Crippen MR) is 115 cm³/mol. The maximum Gasteiger partial charge on any atom is 0.253 e. The van der Waals surface area contributed by atoms with Gasteiger partial charge in [-0.1, -0.05) is 48.6 Å². The first kappa shape index (κ1) is 21.2. The van der Waals surface area contributed by atoms with Gasteiger partial charge in [-0.25, -0.2) is 12.7 Å². The molecule has 6 nitrogen and oxygen atoms in total. The normalized spacial score (nSPS) is 15.9. The van der Waals surface area contributed by atoms with Crippen molar-refractivity contribution in [3.8, 4) is 0 Å². The molecule has 3 rings (SSSR count). The van der Waals surface area contributed by atoms with Crippen molar-refractivity contribution >= 4 is 22.0 Å². The zero-order valence-corrected chi connectivity index (χ0v) is 17.7. The lowest BCUT2D eigenvalue weighted by Crippen LogP contribution is -2.48. The number of hydrogen-bond acceptors (Lipinski definition) is 4. The maximum absolute atomic E-state index is 12.8. The Morgan fingerprint density at radius 3 is 2.34 bits per heavy atom. The smallest absolute Gasteiger partial charge is 0.253 e. The molecule has 0 spiro atoms. The summed E-state index contributed by atoms with van der Waals surface area (Å²) in [5.41, 5.74) is 1.58. The fraction of sp³-hybridized carbons (Fsp3) is 0.318. The highest BCUT2D eigenvalue weighted by atomic mass is 32.2. The van der Waals surface area contributed by atoms with Crippen LogP contribution in [0.15, 0.2) is 65.6 Å². The monoisotopic (exact) mass is 413 g/mol. The van der Waals surface area contributed by atoms with Crippen LogP contribution in [0.2, 0.25) is 0 Å². The van der Waals surface area contributed by atoms with Gasteiger partial charge in [0.25, 0.3) is 5.91 Å². The molecule has 1 saturated heterocycles. The van der Waals surface area contributed by atoms with Gasteiger partial charge in [0.2, 0.25) is 10.0 Å². The minimum absolute atomic E-state index is 0.125. The summed E-state index contributed by atoms with van der Waals surface area (Å²) in [6.45, 7) is 3.68. The number of carbonyl (C=O) groups excluding carboxylic acids is 1. The van der Waals surface area contributed by atoms with Crippen LogP contribution in [-0.4, -0.2) is 75.2 Å². The molecule has 0 radical (unpaired) electrons. The molecule has 0 aromatic heterocycles. The maximum atomic E-state index is 12.8. The van der Waals surface area contributed by atoms with Crippen molar-refractivity contribution in [1.82, 2.24) is 14.1 Å². The molecular formula is C22H27N3O3S. The molecule has 29 heavy (non-hydrogen) atoms. The van der Waals surface area contributed by atoms with Crippen molar-refractivity contribution < 1.29 is 13.2 Å². The fourth-order valence-electron chi connectivity index (χ4n) is 3.22. The van der Waals surface area contributed by atoms with Gasteiger partial charge in [-0.05, 0) is 23.8 Å². The van der Waals surface area contributed by atoms with Gasteiger partial charge < -0.3 is 4.90 Å². The van der Waals surface area contributed by atoms with E-state index in [1.807, 2.05) is 18.2 Å². The van der Waals surface area contributed by atoms with Gasteiger partial charge in [-0.3, -0.25) is 9.69 Å². The SMILES string of the molecule is CN(C)S(=O)(=O)c1cccc(C(=O)N2CCN(C/C=C/c3ccccc3)CC2)c1. The summed E-state index contributed by atoms with van der Waals surface area (Å²) in [6, 6.07) is 16.4. The third kappa shape index (κ3) is 5.32. The minimum Gasteiger partial charge on any atom is -0.336 e. The van der Waals surface area contributed by atoms with Crippen molar-refractivity contribution in [2.45, 2.75) is 4.90 Å². The minimum atomic E-state index is -3.56. The van der Waals surface area contributed by atoms with E-state index in [9.17, 15) is 13.2 Å². The quantitative estimate of drug-likeness (QED) is 0.730. The van der Waals surface area contributed by atoms with Gasteiger partial charge in [0.05, 0.1) is 4.90 Å². The molecule has 0 saturated carbocycles. The van der Waals surface area contributed by atoms with Gasteiger partial charge in [0, 0.05) is 52.4 Å². The molecular weight excluding hydrogens is 386 g/mol. The third-order valence-electron chi connectivity index (χ3n) is 4.99. The lowest BCUT2D eigenvalue weighted by Gasteiger charge is -2.34. The molecule has 2 aromatic rings. The number of sulfonamides is 1. The summed E-state index contributed by atoms with van der Waals surface area (Å²) in [5, 5.41) is 0. The average molecular weight is 414 g/mol. The van der Waals surface area contributed by atoms with Crippen LogP contribution < -0.4 is 0 Å². The van der Waals surface area contributed by atoms with Gasteiger partial charge in [-0.15, -0.1) is 0 Å². The van der Waals surface area contributed by atoms with Crippen LogP contribution >= 0.6 is 0 Å². The Kier molecular flexibility index (Phi) is 6.84. The number of hydrogen-bond donors (Lipinski definition) is 0. The van der Waals surface area contributed by atoms with Crippen LogP contribution in [0.4, 0.5) is 0 Å². The molecule has 1 fully saturated rings. The largest absolute Gasteiger partial charge is 0.336 e. The van der Waals surface area contributed by atoms with Crippen LogP contribution in [0, 0.1) is 0 Å². The number of rotatable bonds is 6. The molecule has 7 heteroatoms. The molecule has 2 aromatic carbocycles. The van der Waals surface area contributed by atoms with Crippen molar-refractivity contribution in [1.29, 1.82) is 0 Å². The van der Waals surface area contributed by atoms with E-state index in [1.165, 1.54) is 31.8 Å². The Morgan fingerprint density at radius 1 is 1.00 bits per heavy atom. The van der Waals surface area contributed by atoms with E-state index >= 15 is 0 Å².